The van der Waals surface area contributed by atoms with Crippen molar-refractivity contribution >= 4 is 22.6 Å². The first-order valence-electron chi connectivity index (χ1n) is 7.15. The predicted molar refractivity (Wildman–Crippen MR) is 85.7 cm³/mol. The average Bonchev–Trinajstić information content (AvgIpc) is 2.99. The summed E-state index contributed by atoms with van der Waals surface area (Å²) in [5.74, 6) is 1.32. The maximum atomic E-state index is 5.94. The molecule has 0 bridgehead atoms. The van der Waals surface area contributed by atoms with Gasteiger partial charge in [0.25, 0.3) is 0 Å². The number of hydrogen-bond acceptors (Lipinski definition) is 8. The number of rotatable bonds is 5. The van der Waals surface area contributed by atoms with E-state index in [0.717, 1.165) is 11.6 Å². The number of anilines is 2. The summed E-state index contributed by atoms with van der Waals surface area (Å²) >= 11 is 1.35. The van der Waals surface area contributed by atoms with Crippen molar-refractivity contribution in [2.75, 3.05) is 37.5 Å². The van der Waals surface area contributed by atoms with Crippen LogP contribution in [0.3, 0.4) is 0 Å². The van der Waals surface area contributed by atoms with Crippen LogP contribution in [0.1, 0.15) is 6.42 Å². The lowest BCUT2D eigenvalue weighted by Gasteiger charge is -2.31. The zero-order valence-electron chi connectivity index (χ0n) is 12.6. The molecule has 0 aliphatic carbocycles. The molecule has 22 heavy (non-hydrogen) atoms. The Labute approximate surface area is 133 Å². The molecular formula is C14H19N5O2S. The van der Waals surface area contributed by atoms with Gasteiger partial charge in [0.1, 0.15) is 6.10 Å². The van der Waals surface area contributed by atoms with Gasteiger partial charge in [-0.3, -0.25) is 0 Å². The van der Waals surface area contributed by atoms with Crippen LogP contribution in [0.4, 0.5) is 11.1 Å². The Kier molecular flexibility index (Phi) is 4.69. The first-order chi connectivity index (χ1) is 10.7. The Balaban J connectivity index is 1.66. The summed E-state index contributed by atoms with van der Waals surface area (Å²) in [5.41, 5.74) is 0. The molecule has 1 aliphatic rings. The first-order valence-corrected chi connectivity index (χ1v) is 7.93. The minimum atomic E-state index is -0.102. The molecular weight excluding hydrogens is 302 g/mol. The van der Waals surface area contributed by atoms with Gasteiger partial charge in [0, 0.05) is 44.5 Å². The van der Waals surface area contributed by atoms with Gasteiger partial charge in [-0.1, -0.05) is 6.07 Å². The standard InChI is InChI=1S/C14H19N5O2S/c1-19(2)13-17-14(22-18-13)16-10-6-8-20-9-11(10)21-12-5-3-4-7-15-12/h3-5,7,10-11H,6,8-9H2,1-2H3,(H,16,17,18)/t10-,11-/m1/s1. The summed E-state index contributed by atoms with van der Waals surface area (Å²) in [4.78, 5) is 10.5. The van der Waals surface area contributed by atoms with Gasteiger partial charge in [-0.05, 0) is 12.5 Å². The largest absolute Gasteiger partial charge is 0.470 e. The first kappa shape index (κ1) is 15.0. The predicted octanol–water partition coefficient (Wildman–Crippen LogP) is 1.65. The molecule has 1 N–H and O–H groups in total. The van der Waals surface area contributed by atoms with E-state index in [2.05, 4.69) is 19.7 Å². The van der Waals surface area contributed by atoms with E-state index in [1.54, 1.807) is 6.20 Å². The molecule has 118 valence electrons. The van der Waals surface area contributed by atoms with Gasteiger partial charge in [0.05, 0.1) is 12.6 Å². The minimum Gasteiger partial charge on any atom is -0.470 e. The van der Waals surface area contributed by atoms with Gasteiger partial charge in [0.15, 0.2) is 0 Å². The van der Waals surface area contributed by atoms with E-state index in [4.69, 9.17) is 9.47 Å². The molecule has 8 heteroatoms. The van der Waals surface area contributed by atoms with Crippen LogP contribution >= 0.6 is 11.5 Å². The van der Waals surface area contributed by atoms with Gasteiger partial charge >= 0.3 is 0 Å². The highest BCUT2D eigenvalue weighted by atomic mass is 32.1. The molecule has 0 spiro atoms. The number of ether oxygens (including phenoxy) is 2. The van der Waals surface area contributed by atoms with Gasteiger partial charge in [-0.15, -0.1) is 0 Å². The SMILES string of the molecule is CN(C)c1nsc(N[C@@H]2CCOC[C@H]2Oc2ccccn2)n1. The number of aromatic nitrogens is 3. The fraction of sp³-hybridized carbons (Fsp3) is 0.500. The van der Waals surface area contributed by atoms with E-state index >= 15 is 0 Å². The third kappa shape index (κ3) is 3.63. The average molecular weight is 321 g/mol. The van der Waals surface area contributed by atoms with Crippen LogP contribution in [-0.4, -0.2) is 53.8 Å². The molecule has 1 aliphatic heterocycles. The summed E-state index contributed by atoms with van der Waals surface area (Å²) in [6.07, 6.45) is 2.47. The highest BCUT2D eigenvalue weighted by Crippen LogP contribution is 2.22. The zero-order chi connectivity index (χ0) is 15.4. The van der Waals surface area contributed by atoms with Crippen LogP contribution < -0.4 is 15.0 Å². The van der Waals surface area contributed by atoms with Crippen molar-refractivity contribution in [3.8, 4) is 5.88 Å². The van der Waals surface area contributed by atoms with Crippen molar-refractivity contribution in [1.29, 1.82) is 0 Å². The monoisotopic (exact) mass is 321 g/mol. The molecule has 0 aromatic carbocycles. The Morgan fingerprint density at radius 1 is 1.41 bits per heavy atom. The van der Waals surface area contributed by atoms with Crippen LogP contribution in [0, 0.1) is 0 Å². The third-order valence-corrected chi connectivity index (χ3v) is 3.97. The Hall–Kier alpha value is -1.93. The third-order valence-electron chi connectivity index (χ3n) is 3.34. The molecule has 0 amide bonds. The molecule has 2 aromatic heterocycles. The smallest absolute Gasteiger partial charge is 0.238 e. The summed E-state index contributed by atoms with van der Waals surface area (Å²) in [7, 11) is 3.85. The maximum absolute atomic E-state index is 5.94. The molecule has 2 aromatic rings. The van der Waals surface area contributed by atoms with Gasteiger partial charge < -0.3 is 19.7 Å². The van der Waals surface area contributed by atoms with Crippen LogP contribution in [0.5, 0.6) is 5.88 Å². The second kappa shape index (κ2) is 6.89. The molecule has 0 radical (unpaired) electrons. The van der Waals surface area contributed by atoms with Gasteiger partial charge in [0.2, 0.25) is 17.0 Å². The quantitative estimate of drug-likeness (QED) is 0.897. The van der Waals surface area contributed by atoms with Crippen molar-refractivity contribution in [3.05, 3.63) is 24.4 Å². The number of pyridine rings is 1. The van der Waals surface area contributed by atoms with Crippen molar-refractivity contribution in [1.82, 2.24) is 14.3 Å². The zero-order valence-corrected chi connectivity index (χ0v) is 13.4. The second-order valence-corrected chi connectivity index (χ2v) is 5.98. The molecule has 3 heterocycles. The molecule has 3 rings (SSSR count). The van der Waals surface area contributed by atoms with Crippen LogP contribution in [0.2, 0.25) is 0 Å². The lowest BCUT2D eigenvalue weighted by molar-refractivity contribution is -0.00244. The Bertz CT molecular complexity index is 592. The second-order valence-electron chi connectivity index (χ2n) is 5.23. The van der Waals surface area contributed by atoms with Crippen molar-refractivity contribution in [3.63, 3.8) is 0 Å². The van der Waals surface area contributed by atoms with E-state index in [0.29, 0.717) is 25.0 Å². The lowest BCUT2D eigenvalue weighted by Crippen LogP contribution is -2.45. The molecule has 2 atom stereocenters. The number of nitrogens with zero attached hydrogens (tertiary/aromatic N) is 4. The van der Waals surface area contributed by atoms with Crippen LogP contribution in [0.15, 0.2) is 24.4 Å². The highest BCUT2D eigenvalue weighted by molar-refractivity contribution is 7.09. The molecule has 0 saturated carbocycles. The molecule has 1 fully saturated rings. The summed E-state index contributed by atoms with van der Waals surface area (Å²) < 4.78 is 15.8. The Morgan fingerprint density at radius 2 is 2.32 bits per heavy atom. The van der Waals surface area contributed by atoms with Crippen LogP contribution in [-0.2, 0) is 4.74 Å². The minimum absolute atomic E-state index is 0.102. The van der Waals surface area contributed by atoms with Crippen molar-refractivity contribution < 1.29 is 9.47 Å². The van der Waals surface area contributed by atoms with E-state index in [1.807, 2.05) is 37.2 Å². The van der Waals surface area contributed by atoms with Crippen molar-refractivity contribution in [2.45, 2.75) is 18.6 Å². The molecule has 1 saturated heterocycles. The highest BCUT2D eigenvalue weighted by Gasteiger charge is 2.28. The summed E-state index contributed by atoms with van der Waals surface area (Å²) in [6.45, 7) is 1.24. The number of hydrogen-bond donors (Lipinski definition) is 1. The maximum Gasteiger partial charge on any atom is 0.238 e. The molecule has 0 unspecified atom stereocenters. The topological polar surface area (TPSA) is 72.4 Å². The lowest BCUT2D eigenvalue weighted by atomic mass is 10.1. The van der Waals surface area contributed by atoms with Gasteiger partial charge in [-0.25, -0.2) is 4.98 Å². The van der Waals surface area contributed by atoms with E-state index < -0.39 is 0 Å². The van der Waals surface area contributed by atoms with Gasteiger partial charge in [-0.2, -0.15) is 9.36 Å². The molecule has 7 nitrogen and oxygen atoms in total. The van der Waals surface area contributed by atoms with Crippen molar-refractivity contribution in [2.24, 2.45) is 0 Å². The van der Waals surface area contributed by atoms with E-state index in [-0.39, 0.29) is 12.1 Å². The van der Waals surface area contributed by atoms with E-state index in [9.17, 15) is 0 Å². The van der Waals surface area contributed by atoms with Crippen LogP contribution in [0.25, 0.3) is 0 Å². The fourth-order valence-electron chi connectivity index (χ4n) is 2.18. The fourth-order valence-corrected chi connectivity index (χ4v) is 2.88. The van der Waals surface area contributed by atoms with E-state index in [1.165, 1.54) is 11.5 Å². The Morgan fingerprint density at radius 3 is 3.05 bits per heavy atom. The summed E-state index contributed by atoms with van der Waals surface area (Å²) in [5, 5.41) is 4.21. The summed E-state index contributed by atoms with van der Waals surface area (Å²) in [6, 6.07) is 5.74. The number of nitrogens with one attached hydrogen (secondary N) is 1. The normalized spacial score (nSPS) is 21.4.